The van der Waals surface area contributed by atoms with Crippen LogP contribution in [0.2, 0.25) is 0 Å². The van der Waals surface area contributed by atoms with E-state index in [1.54, 1.807) is 0 Å². The number of aromatic hydroxyl groups is 4. The number of aliphatic hydroxyl groups is 6. The van der Waals surface area contributed by atoms with Crippen molar-refractivity contribution in [2.75, 3.05) is 13.7 Å². The molecule has 5 rings (SSSR count). The fourth-order valence-electron chi connectivity index (χ4n) is 5.05. The van der Waals surface area contributed by atoms with E-state index in [1.807, 2.05) is 0 Å². The SMILES string of the molecule is COc1cc(-c2oc3cc(O)cc(O)c3c(=O)c2OC2OC(COC3OC(C)C(O)C(O)C3O)C(O)C(O)C2O)cc(O)c1O. The van der Waals surface area contributed by atoms with Crippen LogP contribution in [-0.2, 0) is 14.2 Å². The summed E-state index contributed by atoms with van der Waals surface area (Å²) in [5.41, 5.74) is -1.51. The third-order valence-electron chi connectivity index (χ3n) is 7.59. The normalized spacial score (nSPS) is 32.0. The largest absolute Gasteiger partial charge is 0.508 e. The standard InChI is InChI=1S/C28H32O17/c1-8-17(32)21(36)23(38)27(42-8)41-7-15-19(34)22(37)24(39)28(44-15)45-26-20(35)16-11(30)5-10(29)6-13(16)43-25(26)9-3-12(31)18(33)14(4-9)40-2/h3-6,8,15,17,19,21-24,27-34,36-39H,7H2,1-2H3. The first-order valence-electron chi connectivity index (χ1n) is 13.5. The van der Waals surface area contributed by atoms with Crippen molar-refractivity contribution < 1.29 is 79.2 Å². The van der Waals surface area contributed by atoms with Crippen molar-refractivity contribution in [2.45, 2.75) is 68.3 Å². The number of aliphatic hydroxyl groups excluding tert-OH is 6. The lowest BCUT2D eigenvalue weighted by atomic mass is 9.98. The van der Waals surface area contributed by atoms with E-state index in [1.165, 1.54) is 14.0 Å². The Morgan fingerprint density at radius 2 is 1.44 bits per heavy atom. The van der Waals surface area contributed by atoms with Crippen LogP contribution in [0.5, 0.6) is 34.5 Å². The van der Waals surface area contributed by atoms with Gasteiger partial charge in [-0.2, -0.15) is 0 Å². The summed E-state index contributed by atoms with van der Waals surface area (Å²) in [5, 5.41) is 102. The van der Waals surface area contributed by atoms with Crippen molar-refractivity contribution in [3.05, 3.63) is 34.5 Å². The van der Waals surface area contributed by atoms with Gasteiger partial charge in [0.25, 0.3) is 0 Å². The molecule has 2 aliphatic heterocycles. The Hall–Kier alpha value is -3.91. The average Bonchev–Trinajstić information content (AvgIpc) is 2.99. The summed E-state index contributed by atoms with van der Waals surface area (Å²) in [7, 11) is 1.18. The number of methoxy groups -OCH3 is 1. The number of phenolic OH excluding ortho intramolecular Hbond substituents is 4. The third-order valence-corrected chi connectivity index (χ3v) is 7.59. The molecule has 0 saturated carbocycles. The summed E-state index contributed by atoms with van der Waals surface area (Å²) >= 11 is 0. The highest BCUT2D eigenvalue weighted by Crippen LogP contribution is 2.43. The molecule has 10 unspecified atom stereocenters. The lowest BCUT2D eigenvalue weighted by Crippen LogP contribution is -2.61. The number of fused-ring (bicyclic) bond motifs is 1. The molecular weight excluding hydrogens is 608 g/mol. The van der Waals surface area contributed by atoms with Gasteiger partial charge in [0.05, 0.1) is 19.8 Å². The zero-order valence-corrected chi connectivity index (χ0v) is 23.6. The zero-order chi connectivity index (χ0) is 32.9. The molecular formula is C28H32O17. The van der Waals surface area contributed by atoms with Gasteiger partial charge < -0.3 is 79.2 Å². The molecule has 45 heavy (non-hydrogen) atoms. The first kappa shape index (κ1) is 32.5. The molecule has 0 aliphatic carbocycles. The summed E-state index contributed by atoms with van der Waals surface area (Å²) in [6.07, 6.45) is -16.3. The summed E-state index contributed by atoms with van der Waals surface area (Å²) < 4.78 is 33.0. The number of phenols is 4. The molecule has 2 fully saturated rings. The van der Waals surface area contributed by atoms with Crippen molar-refractivity contribution in [1.82, 2.24) is 0 Å². The lowest BCUT2D eigenvalue weighted by molar-refractivity contribution is -0.318. The Bertz CT molecular complexity index is 1610. The van der Waals surface area contributed by atoms with Crippen molar-refractivity contribution in [3.63, 3.8) is 0 Å². The van der Waals surface area contributed by atoms with Crippen LogP contribution >= 0.6 is 0 Å². The monoisotopic (exact) mass is 640 g/mol. The fraction of sp³-hybridized carbons (Fsp3) is 0.464. The number of rotatable bonds is 7. The van der Waals surface area contributed by atoms with Gasteiger partial charge in [-0.25, -0.2) is 0 Å². The summed E-state index contributed by atoms with van der Waals surface area (Å²) in [5.74, 6) is -3.96. The van der Waals surface area contributed by atoms with E-state index in [9.17, 15) is 55.9 Å². The number of benzene rings is 2. The van der Waals surface area contributed by atoms with Crippen LogP contribution in [0.1, 0.15) is 6.92 Å². The van der Waals surface area contributed by atoms with Crippen molar-refractivity contribution in [3.8, 4) is 45.8 Å². The molecule has 0 bridgehead atoms. The molecule has 2 saturated heterocycles. The topological polar surface area (TPSA) is 279 Å². The molecule has 246 valence electrons. The number of hydrogen-bond donors (Lipinski definition) is 10. The van der Waals surface area contributed by atoms with Gasteiger partial charge in [-0.3, -0.25) is 4.79 Å². The van der Waals surface area contributed by atoms with Crippen LogP contribution in [0.3, 0.4) is 0 Å². The van der Waals surface area contributed by atoms with Crippen LogP contribution in [0.4, 0.5) is 0 Å². The van der Waals surface area contributed by atoms with Crippen molar-refractivity contribution in [2.24, 2.45) is 0 Å². The Morgan fingerprint density at radius 1 is 0.778 bits per heavy atom. The Balaban J connectivity index is 1.51. The highest BCUT2D eigenvalue weighted by atomic mass is 16.7. The maximum atomic E-state index is 13.7. The number of hydrogen-bond acceptors (Lipinski definition) is 17. The third kappa shape index (κ3) is 5.92. The van der Waals surface area contributed by atoms with E-state index in [4.69, 9.17) is 28.1 Å². The van der Waals surface area contributed by atoms with Crippen molar-refractivity contribution >= 4 is 11.0 Å². The minimum absolute atomic E-state index is 0.122. The van der Waals surface area contributed by atoms with Crippen LogP contribution in [0.15, 0.2) is 33.5 Å². The van der Waals surface area contributed by atoms with Gasteiger partial charge in [0.1, 0.15) is 65.2 Å². The molecule has 17 nitrogen and oxygen atoms in total. The smallest absolute Gasteiger partial charge is 0.239 e. The van der Waals surface area contributed by atoms with Gasteiger partial charge in [0, 0.05) is 17.7 Å². The highest BCUT2D eigenvalue weighted by Gasteiger charge is 2.48. The van der Waals surface area contributed by atoms with Crippen LogP contribution in [0.25, 0.3) is 22.3 Å². The van der Waals surface area contributed by atoms with E-state index >= 15 is 0 Å². The second kappa shape index (κ2) is 12.5. The molecule has 17 heteroatoms. The lowest BCUT2D eigenvalue weighted by Gasteiger charge is -2.42. The summed E-state index contributed by atoms with van der Waals surface area (Å²) in [6, 6.07) is 4.01. The van der Waals surface area contributed by atoms with E-state index in [0.717, 1.165) is 24.3 Å². The first-order valence-corrected chi connectivity index (χ1v) is 13.5. The predicted octanol–water partition coefficient (Wildman–Crippen LogP) is -1.68. The van der Waals surface area contributed by atoms with E-state index < -0.39 is 113 Å². The zero-order valence-electron chi connectivity index (χ0n) is 23.6. The van der Waals surface area contributed by atoms with E-state index in [2.05, 4.69) is 0 Å². The molecule has 2 aliphatic rings. The van der Waals surface area contributed by atoms with Crippen LogP contribution < -0.4 is 14.9 Å². The molecule has 3 aromatic rings. The van der Waals surface area contributed by atoms with Gasteiger partial charge >= 0.3 is 0 Å². The van der Waals surface area contributed by atoms with E-state index in [0.29, 0.717) is 0 Å². The molecule has 0 amide bonds. The van der Waals surface area contributed by atoms with E-state index in [-0.39, 0.29) is 16.9 Å². The molecule has 10 atom stereocenters. The van der Waals surface area contributed by atoms with Crippen molar-refractivity contribution in [1.29, 1.82) is 0 Å². The quantitative estimate of drug-likeness (QED) is 0.129. The maximum Gasteiger partial charge on any atom is 0.239 e. The summed E-state index contributed by atoms with van der Waals surface area (Å²) in [4.78, 5) is 13.7. The Kier molecular flexibility index (Phi) is 9.00. The molecule has 0 radical (unpaired) electrons. The Labute approximate surface area is 252 Å². The van der Waals surface area contributed by atoms with Gasteiger partial charge in [0.2, 0.25) is 23.2 Å². The average molecular weight is 641 g/mol. The Morgan fingerprint density at radius 3 is 2.13 bits per heavy atom. The second-order valence-corrected chi connectivity index (χ2v) is 10.6. The molecule has 2 aromatic carbocycles. The van der Waals surface area contributed by atoms with Gasteiger partial charge in [0.15, 0.2) is 23.5 Å². The van der Waals surface area contributed by atoms with Gasteiger partial charge in [-0.15, -0.1) is 0 Å². The highest BCUT2D eigenvalue weighted by molar-refractivity contribution is 5.88. The van der Waals surface area contributed by atoms with Crippen LogP contribution in [-0.4, -0.2) is 126 Å². The molecule has 0 spiro atoms. The van der Waals surface area contributed by atoms with Gasteiger partial charge in [-0.1, -0.05) is 0 Å². The molecule has 1 aromatic heterocycles. The van der Waals surface area contributed by atoms with Gasteiger partial charge in [-0.05, 0) is 19.1 Å². The minimum atomic E-state index is -2.00. The maximum absolute atomic E-state index is 13.7. The molecule has 3 heterocycles. The number of ether oxygens (including phenoxy) is 5. The molecule has 10 N–H and O–H groups in total. The second-order valence-electron chi connectivity index (χ2n) is 10.6. The summed E-state index contributed by atoms with van der Waals surface area (Å²) in [6.45, 7) is 0.797. The first-order chi connectivity index (χ1) is 21.2. The fourth-order valence-corrected chi connectivity index (χ4v) is 5.05. The van der Waals surface area contributed by atoms with Crippen LogP contribution in [0, 0.1) is 0 Å². The minimum Gasteiger partial charge on any atom is -0.508 e. The predicted molar refractivity (Wildman–Crippen MR) is 147 cm³/mol.